The lowest BCUT2D eigenvalue weighted by molar-refractivity contribution is 0.0934. The third-order valence-electron chi connectivity index (χ3n) is 5.89. The Kier molecular flexibility index (Phi) is 8.03. The molecule has 0 aliphatic rings. The number of nitriles is 1. The zero-order chi connectivity index (χ0) is 27.1. The van der Waals surface area contributed by atoms with E-state index in [1.807, 2.05) is 42.5 Å². The van der Waals surface area contributed by atoms with Gasteiger partial charge >= 0.3 is 0 Å². The SMILES string of the molecule is COc1ccc(C(=O)NCCn2cc(C(=O)NC(C#N)c3cccc4ccccc34)nn2)c(OC)c1OC. The Labute approximate surface area is 218 Å². The van der Waals surface area contributed by atoms with Crippen molar-refractivity contribution in [2.24, 2.45) is 0 Å². The Morgan fingerprint density at radius 1 is 0.974 bits per heavy atom. The molecule has 11 heteroatoms. The van der Waals surface area contributed by atoms with Crippen LogP contribution in [-0.4, -0.2) is 54.7 Å². The standard InChI is InChI=1S/C27H26N6O5/c1-36-23-12-11-20(24(37-2)25(23)38-3)26(34)29-13-14-33-16-22(31-32-33)27(35)30-21(15-28)19-10-6-8-17-7-4-5-9-18(17)19/h4-12,16,21H,13-14H2,1-3H3,(H,29,34)(H,30,35). The summed E-state index contributed by atoms with van der Waals surface area (Å²) in [4.78, 5) is 25.6. The van der Waals surface area contributed by atoms with E-state index in [0.717, 1.165) is 10.8 Å². The molecule has 3 aromatic carbocycles. The van der Waals surface area contributed by atoms with Crippen molar-refractivity contribution < 1.29 is 23.8 Å². The number of hydrogen-bond acceptors (Lipinski definition) is 8. The first kappa shape index (κ1) is 26.0. The molecule has 1 atom stereocenters. The number of nitrogens with one attached hydrogen (secondary N) is 2. The van der Waals surface area contributed by atoms with Crippen LogP contribution in [0.15, 0.2) is 60.8 Å². The van der Waals surface area contributed by atoms with Gasteiger partial charge in [-0.2, -0.15) is 5.26 Å². The summed E-state index contributed by atoms with van der Waals surface area (Å²) in [5.41, 5.74) is 1.03. The molecule has 4 aromatic rings. The monoisotopic (exact) mass is 514 g/mol. The molecule has 0 fully saturated rings. The highest BCUT2D eigenvalue weighted by Gasteiger charge is 2.21. The van der Waals surface area contributed by atoms with Gasteiger partial charge in [-0.3, -0.25) is 9.59 Å². The fraction of sp³-hybridized carbons (Fsp3) is 0.222. The van der Waals surface area contributed by atoms with E-state index in [2.05, 4.69) is 27.0 Å². The van der Waals surface area contributed by atoms with Crippen molar-refractivity contribution >= 4 is 22.6 Å². The van der Waals surface area contributed by atoms with Gasteiger partial charge in [-0.15, -0.1) is 5.10 Å². The first-order valence-corrected chi connectivity index (χ1v) is 11.7. The molecule has 0 aliphatic carbocycles. The van der Waals surface area contributed by atoms with E-state index in [1.165, 1.54) is 32.2 Å². The largest absolute Gasteiger partial charge is 0.493 e. The topological polar surface area (TPSA) is 140 Å². The smallest absolute Gasteiger partial charge is 0.274 e. The molecule has 0 aliphatic heterocycles. The van der Waals surface area contributed by atoms with Crippen LogP contribution in [0.4, 0.5) is 0 Å². The third-order valence-corrected chi connectivity index (χ3v) is 5.89. The van der Waals surface area contributed by atoms with E-state index in [1.54, 1.807) is 12.1 Å². The summed E-state index contributed by atoms with van der Waals surface area (Å²) in [7, 11) is 4.39. The lowest BCUT2D eigenvalue weighted by Crippen LogP contribution is -2.28. The van der Waals surface area contributed by atoms with Gasteiger partial charge in [-0.25, -0.2) is 4.68 Å². The van der Waals surface area contributed by atoms with Gasteiger partial charge in [0, 0.05) is 6.54 Å². The summed E-state index contributed by atoms with van der Waals surface area (Å²) >= 11 is 0. The van der Waals surface area contributed by atoms with Gasteiger partial charge in [0.1, 0.15) is 6.04 Å². The molecule has 0 bridgehead atoms. The molecular weight excluding hydrogens is 488 g/mol. The van der Waals surface area contributed by atoms with Crippen molar-refractivity contribution in [3.05, 3.63) is 77.6 Å². The van der Waals surface area contributed by atoms with Gasteiger partial charge in [0.15, 0.2) is 17.2 Å². The highest BCUT2D eigenvalue weighted by molar-refractivity contribution is 5.98. The molecule has 1 heterocycles. The van der Waals surface area contributed by atoms with E-state index in [9.17, 15) is 14.9 Å². The summed E-state index contributed by atoms with van der Waals surface area (Å²) in [6.45, 7) is 0.463. The fourth-order valence-corrected chi connectivity index (χ4v) is 4.06. The van der Waals surface area contributed by atoms with Gasteiger partial charge < -0.3 is 24.8 Å². The molecule has 1 aromatic heterocycles. The van der Waals surface area contributed by atoms with Gasteiger partial charge in [0.05, 0.1) is 45.7 Å². The van der Waals surface area contributed by atoms with Crippen molar-refractivity contribution in [2.75, 3.05) is 27.9 Å². The van der Waals surface area contributed by atoms with Crippen molar-refractivity contribution in [1.82, 2.24) is 25.6 Å². The van der Waals surface area contributed by atoms with Crippen molar-refractivity contribution in [3.63, 3.8) is 0 Å². The van der Waals surface area contributed by atoms with Crippen LogP contribution < -0.4 is 24.8 Å². The number of rotatable bonds is 10. The average molecular weight is 515 g/mol. The van der Waals surface area contributed by atoms with E-state index in [-0.39, 0.29) is 36.0 Å². The van der Waals surface area contributed by atoms with Crippen LogP contribution in [-0.2, 0) is 6.54 Å². The number of methoxy groups -OCH3 is 3. The zero-order valence-corrected chi connectivity index (χ0v) is 21.1. The van der Waals surface area contributed by atoms with Crippen LogP contribution in [0.25, 0.3) is 10.8 Å². The normalized spacial score (nSPS) is 11.3. The first-order valence-electron chi connectivity index (χ1n) is 11.7. The maximum Gasteiger partial charge on any atom is 0.274 e. The van der Waals surface area contributed by atoms with E-state index >= 15 is 0 Å². The minimum Gasteiger partial charge on any atom is -0.493 e. The molecule has 2 N–H and O–H groups in total. The summed E-state index contributed by atoms with van der Waals surface area (Å²) in [6, 6.07) is 17.7. The maximum atomic E-state index is 12.8. The van der Waals surface area contributed by atoms with Gasteiger partial charge in [-0.05, 0) is 28.5 Å². The third kappa shape index (κ3) is 5.34. The fourth-order valence-electron chi connectivity index (χ4n) is 4.06. The number of carbonyl (C=O) groups is 2. The number of ether oxygens (including phenoxy) is 3. The maximum absolute atomic E-state index is 12.8. The second-order valence-corrected chi connectivity index (χ2v) is 8.11. The molecule has 2 amide bonds. The molecule has 0 spiro atoms. The molecule has 4 rings (SSSR count). The highest BCUT2D eigenvalue weighted by atomic mass is 16.5. The van der Waals surface area contributed by atoms with Crippen LogP contribution in [0.2, 0.25) is 0 Å². The second-order valence-electron chi connectivity index (χ2n) is 8.11. The van der Waals surface area contributed by atoms with Gasteiger partial charge in [-0.1, -0.05) is 47.7 Å². The Morgan fingerprint density at radius 3 is 2.47 bits per heavy atom. The van der Waals surface area contributed by atoms with Crippen LogP contribution >= 0.6 is 0 Å². The Hall–Kier alpha value is -5.11. The summed E-state index contributed by atoms with van der Waals surface area (Å²) in [6.07, 6.45) is 1.45. The van der Waals surface area contributed by atoms with Gasteiger partial charge in [0.25, 0.3) is 11.8 Å². The first-order chi connectivity index (χ1) is 18.5. The number of nitrogens with zero attached hydrogens (tertiary/aromatic N) is 4. The predicted octanol–water partition coefficient (Wildman–Crippen LogP) is 2.88. The van der Waals surface area contributed by atoms with Crippen LogP contribution in [0.3, 0.4) is 0 Å². The summed E-state index contributed by atoms with van der Waals surface area (Å²) in [5, 5.41) is 24.9. The lowest BCUT2D eigenvalue weighted by Gasteiger charge is -2.15. The molecule has 194 valence electrons. The molecule has 0 radical (unpaired) electrons. The van der Waals surface area contributed by atoms with Crippen molar-refractivity contribution in [1.29, 1.82) is 5.26 Å². The minimum absolute atomic E-state index is 0.0540. The molecule has 38 heavy (non-hydrogen) atoms. The Bertz CT molecular complexity index is 1500. The molecule has 0 saturated heterocycles. The number of aromatic nitrogens is 3. The lowest BCUT2D eigenvalue weighted by atomic mass is 9.99. The van der Waals surface area contributed by atoms with Crippen LogP contribution in [0, 0.1) is 11.3 Å². The Morgan fingerprint density at radius 2 is 1.74 bits per heavy atom. The van der Waals surface area contributed by atoms with Gasteiger partial charge in [0.2, 0.25) is 5.75 Å². The minimum atomic E-state index is -0.866. The highest BCUT2D eigenvalue weighted by Crippen LogP contribution is 2.39. The average Bonchev–Trinajstić information content (AvgIpc) is 3.43. The number of hydrogen-bond donors (Lipinski definition) is 2. The summed E-state index contributed by atoms with van der Waals surface area (Å²) < 4.78 is 17.4. The molecule has 1 unspecified atom stereocenters. The quantitative estimate of drug-likeness (QED) is 0.329. The number of fused-ring (bicyclic) bond motifs is 1. The van der Waals surface area contributed by atoms with E-state index in [0.29, 0.717) is 17.1 Å². The second kappa shape index (κ2) is 11.7. The van der Waals surface area contributed by atoms with Crippen LogP contribution in [0.5, 0.6) is 17.2 Å². The summed E-state index contributed by atoms with van der Waals surface area (Å²) in [5.74, 6) is 0.0899. The van der Waals surface area contributed by atoms with Crippen molar-refractivity contribution in [2.45, 2.75) is 12.6 Å². The Balaban J connectivity index is 1.38. The number of carbonyl (C=O) groups excluding carboxylic acids is 2. The zero-order valence-electron chi connectivity index (χ0n) is 21.1. The van der Waals surface area contributed by atoms with Crippen LogP contribution in [0.1, 0.15) is 32.5 Å². The molecule has 0 saturated carbocycles. The number of amides is 2. The van der Waals surface area contributed by atoms with E-state index in [4.69, 9.17) is 14.2 Å². The molecule has 11 nitrogen and oxygen atoms in total. The van der Waals surface area contributed by atoms with Crippen molar-refractivity contribution in [3.8, 4) is 23.3 Å². The predicted molar refractivity (Wildman–Crippen MR) is 138 cm³/mol. The molecular formula is C27H26N6O5. The van der Waals surface area contributed by atoms with E-state index < -0.39 is 11.9 Å². The number of benzene rings is 3.